The second-order valence-electron chi connectivity index (χ2n) is 12.0. The Morgan fingerprint density at radius 2 is 1.74 bits per heavy atom. The molecule has 6 atom stereocenters. The molecule has 2 N–H and O–H groups in total. The van der Waals surface area contributed by atoms with Gasteiger partial charge < -0.3 is 14.6 Å². The third-order valence-corrected chi connectivity index (χ3v) is 15.1. The van der Waals surface area contributed by atoms with Gasteiger partial charge in [-0.05, 0) is 84.6 Å². The molecule has 0 aromatic carbocycles. The first-order chi connectivity index (χ1) is 14.3. The van der Waals surface area contributed by atoms with Gasteiger partial charge in [-0.3, -0.25) is 0 Å². The highest BCUT2D eigenvalue weighted by Crippen LogP contribution is 2.59. The topological polar surface area (TPSA) is 49.7 Å². The molecule has 4 heteroatoms. The van der Waals surface area contributed by atoms with Crippen molar-refractivity contribution in [1.29, 1.82) is 0 Å². The molecular formula is C27H48O3Si. The van der Waals surface area contributed by atoms with E-state index >= 15 is 0 Å². The lowest BCUT2D eigenvalue weighted by molar-refractivity contribution is -0.0887. The van der Waals surface area contributed by atoms with E-state index in [9.17, 15) is 10.2 Å². The van der Waals surface area contributed by atoms with Crippen molar-refractivity contribution in [2.45, 2.75) is 123 Å². The SMILES string of the molecule is C=C1[C@@H](O)CC[C@@]2(C)C[C@H](O[Si](CC)(CC)C(C)C)C3=C(C)CC[C@@H]([C@@H](O)[C@H]12)C3(C)C. The van der Waals surface area contributed by atoms with Crippen LogP contribution in [0.2, 0.25) is 17.6 Å². The number of allylic oxidation sites excluding steroid dienone is 1. The molecule has 0 unspecified atom stereocenters. The van der Waals surface area contributed by atoms with Crippen molar-refractivity contribution in [2.75, 3.05) is 0 Å². The molecule has 178 valence electrons. The average Bonchev–Trinajstić information content (AvgIpc) is 2.67. The quantitative estimate of drug-likeness (QED) is 0.367. The molecule has 3 aliphatic carbocycles. The van der Waals surface area contributed by atoms with Gasteiger partial charge in [-0.1, -0.05) is 60.6 Å². The fourth-order valence-electron chi connectivity index (χ4n) is 7.74. The Bertz CT molecular complexity index is 720. The largest absolute Gasteiger partial charge is 0.410 e. The first-order valence-electron chi connectivity index (χ1n) is 12.8. The maximum absolute atomic E-state index is 11.8. The molecule has 0 aliphatic heterocycles. The normalized spacial score (nSPS) is 38.7. The second kappa shape index (κ2) is 8.74. The van der Waals surface area contributed by atoms with Crippen LogP contribution in [0.25, 0.3) is 0 Å². The summed E-state index contributed by atoms with van der Waals surface area (Å²) in [6, 6.07) is 2.28. The predicted molar refractivity (Wildman–Crippen MR) is 132 cm³/mol. The minimum absolute atomic E-state index is 0.0649. The van der Waals surface area contributed by atoms with Crippen molar-refractivity contribution in [3.8, 4) is 0 Å². The van der Waals surface area contributed by atoms with E-state index in [1.165, 1.54) is 11.1 Å². The van der Waals surface area contributed by atoms with Gasteiger partial charge in [0.15, 0.2) is 8.32 Å². The summed E-state index contributed by atoms with van der Waals surface area (Å²) in [5, 5.41) is 22.4. The van der Waals surface area contributed by atoms with Gasteiger partial charge in [-0.25, -0.2) is 0 Å². The Labute approximate surface area is 192 Å². The van der Waals surface area contributed by atoms with Crippen LogP contribution in [0.5, 0.6) is 0 Å². The van der Waals surface area contributed by atoms with Crippen molar-refractivity contribution in [3.05, 3.63) is 23.3 Å². The van der Waals surface area contributed by atoms with Crippen LogP contribution in [-0.4, -0.2) is 36.8 Å². The van der Waals surface area contributed by atoms with Crippen LogP contribution in [0.1, 0.15) is 87.5 Å². The number of aliphatic hydroxyl groups is 2. The van der Waals surface area contributed by atoms with Crippen molar-refractivity contribution < 1.29 is 14.6 Å². The van der Waals surface area contributed by atoms with Gasteiger partial charge in [0, 0.05) is 5.92 Å². The fourth-order valence-corrected chi connectivity index (χ4v) is 11.2. The van der Waals surface area contributed by atoms with E-state index in [2.05, 4.69) is 62.0 Å². The zero-order chi connectivity index (χ0) is 23.4. The molecule has 0 saturated heterocycles. The first-order valence-corrected chi connectivity index (χ1v) is 15.2. The van der Waals surface area contributed by atoms with Crippen molar-refractivity contribution >= 4 is 8.32 Å². The molecule has 2 saturated carbocycles. The highest BCUT2D eigenvalue weighted by Gasteiger charge is 2.56. The number of fused-ring (bicyclic) bond motifs is 3. The summed E-state index contributed by atoms with van der Waals surface area (Å²) in [7, 11) is -1.90. The summed E-state index contributed by atoms with van der Waals surface area (Å²) < 4.78 is 7.38. The highest BCUT2D eigenvalue weighted by atomic mass is 28.4. The van der Waals surface area contributed by atoms with E-state index in [4.69, 9.17) is 4.43 Å². The minimum Gasteiger partial charge on any atom is -0.410 e. The Kier molecular flexibility index (Phi) is 7.10. The van der Waals surface area contributed by atoms with E-state index in [0.29, 0.717) is 5.54 Å². The van der Waals surface area contributed by atoms with Gasteiger partial charge in [0.1, 0.15) is 0 Å². The molecule has 3 aliphatic rings. The van der Waals surface area contributed by atoms with Crippen molar-refractivity contribution in [2.24, 2.45) is 22.7 Å². The summed E-state index contributed by atoms with van der Waals surface area (Å²) in [6.45, 7) is 23.0. The van der Waals surface area contributed by atoms with Crippen LogP contribution < -0.4 is 0 Å². The van der Waals surface area contributed by atoms with Gasteiger partial charge in [0.2, 0.25) is 0 Å². The van der Waals surface area contributed by atoms with Crippen molar-refractivity contribution in [3.63, 3.8) is 0 Å². The third kappa shape index (κ3) is 4.04. The average molecular weight is 449 g/mol. The van der Waals surface area contributed by atoms with Gasteiger partial charge in [-0.2, -0.15) is 0 Å². The molecule has 0 aromatic heterocycles. The summed E-state index contributed by atoms with van der Waals surface area (Å²) in [5.74, 6) is 0.104. The number of hydrogen-bond acceptors (Lipinski definition) is 3. The lowest BCUT2D eigenvalue weighted by Gasteiger charge is -2.58. The van der Waals surface area contributed by atoms with Gasteiger partial charge in [-0.15, -0.1) is 0 Å². The molecule has 2 bridgehead atoms. The molecule has 2 fully saturated rings. The Morgan fingerprint density at radius 1 is 1.13 bits per heavy atom. The van der Waals surface area contributed by atoms with Crippen LogP contribution >= 0.6 is 0 Å². The monoisotopic (exact) mass is 448 g/mol. The molecule has 3 rings (SSSR count). The maximum Gasteiger partial charge on any atom is 0.195 e. The van der Waals surface area contributed by atoms with Gasteiger partial charge >= 0.3 is 0 Å². The first kappa shape index (κ1) is 25.2. The second-order valence-corrected chi connectivity index (χ2v) is 17.0. The standard InChI is InChI=1S/C27H48O3Si/c1-10-31(11-2,17(3)4)30-22-16-27(9)15-14-21(28)19(6)24(27)25(29)20-13-12-18(5)23(22)26(20,7)8/h17,20-22,24-25,28-29H,6,10-16H2,1-5,7-9H3/t20-,21-,22-,24-,25+,27-/m0/s1. The van der Waals surface area contributed by atoms with Crippen LogP contribution in [0, 0.1) is 22.7 Å². The maximum atomic E-state index is 11.8. The van der Waals surface area contributed by atoms with E-state index in [1.54, 1.807) is 0 Å². The van der Waals surface area contributed by atoms with Gasteiger partial charge in [0.05, 0.1) is 18.3 Å². The summed E-state index contributed by atoms with van der Waals surface area (Å²) in [4.78, 5) is 0. The lowest BCUT2D eigenvalue weighted by Crippen LogP contribution is -2.57. The number of hydrogen-bond donors (Lipinski definition) is 2. The van der Waals surface area contributed by atoms with E-state index in [-0.39, 0.29) is 28.8 Å². The minimum atomic E-state index is -1.90. The lowest BCUT2D eigenvalue weighted by atomic mass is 9.50. The summed E-state index contributed by atoms with van der Waals surface area (Å²) in [5.41, 5.74) is 4.16. The third-order valence-electron chi connectivity index (χ3n) is 9.83. The van der Waals surface area contributed by atoms with E-state index in [1.807, 2.05) is 0 Å². The van der Waals surface area contributed by atoms with Crippen LogP contribution in [0.4, 0.5) is 0 Å². The smallest absolute Gasteiger partial charge is 0.195 e. The van der Waals surface area contributed by atoms with Gasteiger partial charge in [0.25, 0.3) is 0 Å². The zero-order valence-corrected chi connectivity index (χ0v) is 22.4. The fraction of sp³-hybridized carbons (Fsp3) is 0.852. The van der Waals surface area contributed by atoms with Crippen molar-refractivity contribution in [1.82, 2.24) is 0 Å². The zero-order valence-electron chi connectivity index (χ0n) is 21.4. The molecule has 0 heterocycles. The molecule has 31 heavy (non-hydrogen) atoms. The Hall–Kier alpha value is -0.423. The van der Waals surface area contributed by atoms with Crippen LogP contribution in [-0.2, 0) is 4.43 Å². The van der Waals surface area contributed by atoms with E-state index < -0.39 is 20.5 Å². The van der Waals surface area contributed by atoms with Crippen LogP contribution in [0.15, 0.2) is 23.3 Å². The summed E-state index contributed by atoms with van der Waals surface area (Å²) in [6.07, 6.45) is 3.77. The molecule has 0 radical (unpaired) electrons. The molecule has 0 spiro atoms. The predicted octanol–water partition coefficient (Wildman–Crippen LogP) is 6.62. The number of aliphatic hydroxyl groups excluding tert-OH is 2. The van der Waals surface area contributed by atoms with E-state index in [0.717, 1.165) is 49.8 Å². The molecule has 0 aromatic rings. The van der Waals surface area contributed by atoms with Crippen LogP contribution in [0.3, 0.4) is 0 Å². The molecular weight excluding hydrogens is 400 g/mol. The Morgan fingerprint density at radius 3 is 2.29 bits per heavy atom. The molecule has 0 amide bonds. The number of rotatable bonds is 5. The molecule has 3 nitrogen and oxygen atoms in total. The summed E-state index contributed by atoms with van der Waals surface area (Å²) >= 11 is 0. The highest BCUT2D eigenvalue weighted by molar-refractivity contribution is 6.75. The Balaban J connectivity index is 2.17.